The zero-order valence-corrected chi connectivity index (χ0v) is 11.8. The van der Waals surface area contributed by atoms with Gasteiger partial charge >= 0.3 is 6.18 Å². The smallest absolute Gasteiger partial charge is 0.369 e. The molecule has 0 atom stereocenters. The molecule has 108 valence electrons. The van der Waals surface area contributed by atoms with Crippen LogP contribution in [0.5, 0.6) is 0 Å². The zero-order chi connectivity index (χ0) is 14.5. The number of nitrogens with zero attached hydrogens (tertiary/aromatic N) is 1. The predicted octanol–water partition coefficient (Wildman–Crippen LogP) is 4.99. The largest absolute Gasteiger partial charge is 0.417 e. The molecule has 0 amide bonds. The highest BCUT2D eigenvalue weighted by molar-refractivity contribution is 6.32. The Kier molecular flexibility index (Phi) is 5.91. The number of rotatable bonds is 6. The molecule has 1 heterocycles. The topological polar surface area (TPSA) is 24.9 Å². The van der Waals surface area contributed by atoms with Gasteiger partial charge in [0, 0.05) is 12.7 Å². The third-order valence-electron chi connectivity index (χ3n) is 2.67. The summed E-state index contributed by atoms with van der Waals surface area (Å²) in [5.41, 5.74) is -0.831. The SMILES string of the molecule is CC(C)CCCCNc1ncc(C(F)(F)F)cc1Cl. The Morgan fingerprint density at radius 2 is 2.00 bits per heavy atom. The molecule has 0 aliphatic rings. The molecule has 0 aliphatic heterocycles. The first-order chi connectivity index (χ1) is 8.80. The van der Waals surface area contributed by atoms with Crippen molar-refractivity contribution < 1.29 is 13.2 Å². The van der Waals surface area contributed by atoms with E-state index in [0.29, 0.717) is 18.3 Å². The summed E-state index contributed by atoms with van der Waals surface area (Å²) < 4.78 is 37.2. The van der Waals surface area contributed by atoms with Crippen LogP contribution in [-0.4, -0.2) is 11.5 Å². The number of halogens is 4. The van der Waals surface area contributed by atoms with Gasteiger partial charge < -0.3 is 5.32 Å². The van der Waals surface area contributed by atoms with Crippen molar-refractivity contribution in [2.45, 2.75) is 39.3 Å². The molecule has 0 aromatic carbocycles. The number of unbranched alkanes of at least 4 members (excludes halogenated alkanes) is 1. The second-order valence-corrected chi connectivity index (χ2v) is 5.28. The average Bonchev–Trinajstić information content (AvgIpc) is 2.28. The lowest BCUT2D eigenvalue weighted by atomic mass is 10.1. The number of pyridine rings is 1. The number of hydrogen-bond acceptors (Lipinski definition) is 2. The third kappa shape index (κ3) is 5.68. The highest BCUT2D eigenvalue weighted by atomic mass is 35.5. The van der Waals surface area contributed by atoms with Crippen LogP contribution >= 0.6 is 11.6 Å². The van der Waals surface area contributed by atoms with Gasteiger partial charge in [-0.15, -0.1) is 0 Å². The molecule has 0 aliphatic carbocycles. The summed E-state index contributed by atoms with van der Waals surface area (Å²) in [7, 11) is 0. The molecule has 0 radical (unpaired) electrons. The van der Waals surface area contributed by atoms with Gasteiger partial charge in [0.25, 0.3) is 0 Å². The summed E-state index contributed by atoms with van der Waals surface area (Å²) in [4.78, 5) is 3.71. The van der Waals surface area contributed by atoms with E-state index < -0.39 is 11.7 Å². The van der Waals surface area contributed by atoms with Crippen molar-refractivity contribution in [1.82, 2.24) is 4.98 Å². The Balaban J connectivity index is 2.47. The van der Waals surface area contributed by atoms with Crippen LogP contribution in [0, 0.1) is 5.92 Å². The van der Waals surface area contributed by atoms with Gasteiger partial charge in [-0.05, 0) is 18.4 Å². The first-order valence-electron chi connectivity index (χ1n) is 6.27. The fourth-order valence-corrected chi connectivity index (χ4v) is 1.84. The monoisotopic (exact) mass is 294 g/mol. The molecule has 0 unspecified atom stereocenters. The van der Waals surface area contributed by atoms with Crippen LogP contribution in [-0.2, 0) is 6.18 Å². The lowest BCUT2D eigenvalue weighted by Crippen LogP contribution is -2.08. The molecule has 1 rings (SSSR count). The second-order valence-electron chi connectivity index (χ2n) is 4.87. The standard InChI is InChI=1S/C13H18ClF3N2/c1-9(2)5-3-4-6-18-12-11(14)7-10(8-19-12)13(15,16)17/h7-9H,3-6H2,1-2H3,(H,18,19). The van der Waals surface area contributed by atoms with Crippen molar-refractivity contribution in [1.29, 1.82) is 0 Å². The van der Waals surface area contributed by atoms with Gasteiger partial charge in [0.05, 0.1) is 10.6 Å². The summed E-state index contributed by atoms with van der Waals surface area (Å²) in [6.45, 7) is 4.97. The van der Waals surface area contributed by atoms with Gasteiger partial charge in [-0.3, -0.25) is 0 Å². The molecule has 1 N–H and O–H groups in total. The van der Waals surface area contributed by atoms with Gasteiger partial charge in [0.2, 0.25) is 0 Å². The van der Waals surface area contributed by atoms with Crippen molar-refractivity contribution >= 4 is 17.4 Å². The number of aromatic nitrogens is 1. The summed E-state index contributed by atoms with van der Waals surface area (Å²) in [5.74, 6) is 0.965. The van der Waals surface area contributed by atoms with E-state index in [0.717, 1.165) is 31.5 Å². The maximum absolute atomic E-state index is 12.4. The molecule has 2 nitrogen and oxygen atoms in total. The Morgan fingerprint density at radius 3 is 2.53 bits per heavy atom. The molecule has 0 fully saturated rings. The molecule has 0 saturated heterocycles. The van der Waals surface area contributed by atoms with Gasteiger partial charge in [-0.25, -0.2) is 4.98 Å². The number of anilines is 1. The Labute approximate surface area is 116 Å². The summed E-state index contributed by atoms with van der Waals surface area (Å²) in [6.07, 6.45) is -0.468. The van der Waals surface area contributed by atoms with Crippen LogP contribution in [0.3, 0.4) is 0 Å². The summed E-state index contributed by atoms with van der Waals surface area (Å²) >= 11 is 5.77. The van der Waals surface area contributed by atoms with Crippen molar-refractivity contribution in [3.8, 4) is 0 Å². The summed E-state index contributed by atoms with van der Waals surface area (Å²) in [6, 6.07) is 0.894. The van der Waals surface area contributed by atoms with E-state index in [1.807, 2.05) is 0 Å². The molecule has 0 saturated carbocycles. The van der Waals surface area contributed by atoms with E-state index in [-0.39, 0.29) is 5.02 Å². The molecule has 0 spiro atoms. The van der Waals surface area contributed by atoms with E-state index in [9.17, 15) is 13.2 Å². The molecular weight excluding hydrogens is 277 g/mol. The van der Waals surface area contributed by atoms with E-state index in [4.69, 9.17) is 11.6 Å². The van der Waals surface area contributed by atoms with Gasteiger partial charge in [0.1, 0.15) is 5.82 Å². The second kappa shape index (κ2) is 6.98. The Hall–Kier alpha value is -0.970. The molecule has 6 heteroatoms. The third-order valence-corrected chi connectivity index (χ3v) is 2.96. The molecular formula is C13H18ClF3N2. The normalized spacial score (nSPS) is 11.9. The van der Waals surface area contributed by atoms with Crippen LogP contribution in [0.1, 0.15) is 38.7 Å². The summed E-state index contributed by atoms with van der Waals surface area (Å²) in [5, 5.41) is 2.95. The van der Waals surface area contributed by atoms with Crippen molar-refractivity contribution in [3.63, 3.8) is 0 Å². The first-order valence-corrected chi connectivity index (χ1v) is 6.65. The number of alkyl halides is 3. The van der Waals surface area contributed by atoms with Crippen LogP contribution in [0.2, 0.25) is 5.02 Å². The van der Waals surface area contributed by atoms with Crippen LogP contribution in [0.4, 0.5) is 19.0 Å². The molecule has 1 aromatic rings. The maximum Gasteiger partial charge on any atom is 0.417 e. The average molecular weight is 295 g/mol. The minimum atomic E-state index is -4.41. The van der Waals surface area contributed by atoms with E-state index >= 15 is 0 Å². The van der Waals surface area contributed by atoms with Crippen LogP contribution < -0.4 is 5.32 Å². The van der Waals surface area contributed by atoms with Gasteiger partial charge in [-0.2, -0.15) is 13.2 Å². The molecule has 19 heavy (non-hydrogen) atoms. The number of nitrogens with one attached hydrogen (secondary N) is 1. The Bertz CT molecular complexity index is 405. The maximum atomic E-state index is 12.4. The predicted molar refractivity (Wildman–Crippen MR) is 71.4 cm³/mol. The lowest BCUT2D eigenvalue weighted by Gasteiger charge is -2.11. The van der Waals surface area contributed by atoms with E-state index in [1.165, 1.54) is 0 Å². The zero-order valence-electron chi connectivity index (χ0n) is 11.0. The van der Waals surface area contributed by atoms with E-state index in [1.54, 1.807) is 0 Å². The fourth-order valence-electron chi connectivity index (χ4n) is 1.61. The minimum Gasteiger partial charge on any atom is -0.369 e. The van der Waals surface area contributed by atoms with Gasteiger partial charge in [0.15, 0.2) is 0 Å². The quantitative estimate of drug-likeness (QED) is 0.747. The van der Waals surface area contributed by atoms with Crippen LogP contribution in [0.15, 0.2) is 12.3 Å². The lowest BCUT2D eigenvalue weighted by molar-refractivity contribution is -0.137. The van der Waals surface area contributed by atoms with Crippen molar-refractivity contribution in [3.05, 3.63) is 22.8 Å². The van der Waals surface area contributed by atoms with Crippen molar-refractivity contribution in [2.75, 3.05) is 11.9 Å². The van der Waals surface area contributed by atoms with E-state index in [2.05, 4.69) is 24.1 Å². The first kappa shape index (κ1) is 16.1. The number of hydrogen-bond donors (Lipinski definition) is 1. The minimum absolute atomic E-state index is 0.00122. The highest BCUT2D eigenvalue weighted by Gasteiger charge is 2.31. The highest BCUT2D eigenvalue weighted by Crippen LogP contribution is 2.32. The molecule has 1 aromatic heterocycles. The van der Waals surface area contributed by atoms with Crippen molar-refractivity contribution in [2.24, 2.45) is 5.92 Å². The Morgan fingerprint density at radius 1 is 1.32 bits per heavy atom. The fraction of sp³-hybridized carbons (Fsp3) is 0.615. The van der Waals surface area contributed by atoms with Crippen LogP contribution in [0.25, 0.3) is 0 Å². The molecule has 0 bridgehead atoms. The van der Waals surface area contributed by atoms with Gasteiger partial charge in [-0.1, -0.05) is 38.3 Å².